The van der Waals surface area contributed by atoms with Crippen molar-refractivity contribution in [3.05, 3.63) is 53.6 Å². The number of carbonyl (C=O) groups excluding carboxylic acids is 2. The first-order valence-electron chi connectivity index (χ1n) is 12.5. The summed E-state index contributed by atoms with van der Waals surface area (Å²) in [6.07, 6.45) is 3.30. The topological polar surface area (TPSA) is 62.3 Å². The Hall–Kier alpha value is -3.22. The van der Waals surface area contributed by atoms with Crippen LogP contribution in [0.1, 0.15) is 43.4 Å². The van der Waals surface area contributed by atoms with Gasteiger partial charge in [0.25, 0.3) is 0 Å². The van der Waals surface area contributed by atoms with Crippen LogP contribution < -0.4 is 14.4 Å². The van der Waals surface area contributed by atoms with Crippen molar-refractivity contribution < 1.29 is 19.1 Å². The maximum atomic E-state index is 13.8. The van der Waals surface area contributed by atoms with E-state index in [0.29, 0.717) is 26.3 Å². The lowest BCUT2D eigenvalue weighted by Crippen LogP contribution is -2.61. The average molecular weight is 462 g/mol. The number of anilines is 1. The third-order valence-corrected chi connectivity index (χ3v) is 7.87. The van der Waals surface area contributed by atoms with Crippen LogP contribution in [0.15, 0.2) is 42.5 Å². The minimum absolute atomic E-state index is 0.00265. The van der Waals surface area contributed by atoms with Gasteiger partial charge in [0.2, 0.25) is 5.91 Å². The van der Waals surface area contributed by atoms with Gasteiger partial charge in [-0.1, -0.05) is 18.2 Å². The number of benzene rings is 2. The lowest BCUT2D eigenvalue weighted by Gasteiger charge is -2.52. The number of hydrogen-bond donors (Lipinski definition) is 0. The van der Waals surface area contributed by atoms with Crippen LogP contribution in [-0.2, 0) is 11.2 Å². The van der Waals surface area contributed by atoms with Gasteiger partial charge in [0.15, 0.2) is 11.5 Å². The summed E-state index contributed by atoms with van der Waals surface area (Å²) in [5.74, 6) is 1.64. The third kappa shape index (κ3) is 3.40. The molecular weight excluding hydrogens is 430 g/mol. The van der Waals surface area contributed by atoms with E-state index >= 15 is 0 Å². The fourth-order valence-corrected chi connectivity index (χ4v) is 6.26. The molecule has 3 amide bonds. The normalized spacial score (nSPS) is 25.2. The SMILES string of the molecule is CCN(C(=O)N1CCC[C@H]2C(=O)N3CCc4cc5c(cc4[C@@H]3C[C@H]21)OCCO5)c1ccccc1. The van der Waals surface area contributed by atoms with Gasteiger partial charge in [-0.3, -0.25) is 9.69 Å². The Labute approximate surface area is 200 Å². The van der Waals surface area contributed by atoms with Gasteiger partial charge in [-0.25, -0.2) is 4.79 Å². The van der Waals surface area contributed by atoms with Crippen LogP contribution in [0.25, 0.3) is 0 Å². The van der Waals surface area contributed by atoms with E-state index in [9.17, 15) is 9.59 Å². The van der Waals surface area contributed by atoms with E-state index in [0.717, 1.165) is 55.0 Å². The predicted octanol–water partition coefficient (Wildman–Crippen LogP) is 4.01. The summed E-state index contributed by atoms with van der Waals surface area (Å²) in [5.41, 5.74) is 3.27. The first-order valence-corrected chi connectivity index (χ1v) is 12.5. The molecule has 2 saturated heterocycles. The van der Waals surface area contributed by atoms with Crippen molar-refractivity contribution >= 4 is 17.6 Å². The molecule has 2 fully saturated rings. The molecule has 2 aromatic carbocycles. The number of para-hydroxylation sites is 1. The number of likely N-dealkylation sites (tertiary alicyclic amines) is 1. The highest BCUT2D eigenvalue weighted by Gasteiger charge is 2.49. The van der Waals surface area contributed by atoms with Crippen molar-refractivity contribution in [2.75, 3.05) is 37.7 Å². The molecule has 2 aromatic rings. The highest BCUT2D eigenvalue weighted by molar-refractivity contribution is 5.93. The first-order chi connectivity index (χ1) is 16.7. The molecule has 0 radical (unpaired) electrons. The summed E-state index contributed by atoms with van der Waals surface area (Å²) >= 11 is 0. The zero-order valence-corrected chi connectivity index (χ0v) is 19.6. The summed E-state index contributed by atoms with van der Waals surface area (Å²) in [6, 6.07) is 13.9. The van der Waals surface area contributed by atoms with Crippen molar-refractivity contribution in [3.63, 3.8) is 0 Å². The molecule has 0 N–H and O–H groups in total. The van der Waals surface area contributed by atoms with E-state index in [1.807, 2.05) is 47.1 Å². The Morgan fingerprint density at radius 2 is 1.85 bits per heavy atom. The zero-order chi connectivity index (χ0) is 23.2. The van der Waals surface area contributed by atoms with Crippen LogP contribution in [0.4, 0.5) is 10.5 Å². The van der Waals surface area contributed by atoms with Gasteiger partial charge in [0.05, 0.1) is 12.0 Å². The van der Waals surface area contributed by atoms with Gasteiger partial charge in [0, 0.05) is 31.4 Å². The lowest BCUT2D eigenvalue weighted by atomic mass is 9.76. The number of amides is 3. The van der Waals surface area contributed by atoms with Gasteiger partial charge >= 0.3 is 6.03 Å². The van der Waals surface area contributed by atoms with Crippen LogP contribution in [-0.4, -0.2) is 60.6 Å². The molecule has 7 heteroatoms. The molecule has 0 unspecified atom stereocenters. The molecule has 0 aliphatic carbocycles. The number of nitrogens with zero attached hydrogens (tertiary/aromatic N) is 3. The second-order valence-corrected chi connectivity index (χ2v) is 9.60. The van der Waals surface area contributed by atoms with E-state index in [1.54, 1.807) is 0 Å². The van der Waals surface area contributed by atoms with Gasteiger partial charge in [-0.15, -0.1) is 0 Å². The summed E-state index contributed by atoms with van der Waals surface area (Å²) in [7, 11) is 0. The molecular formula is C27H31N3O4. The number of carbonyl (C=O) groups is 2. The molecule has 178 valence electrons. The number of hydrogen-bond acceptors (Lipinski definition) is 4. The summed E-state index contributed by atoms with van der Waals surface area (Å²) < 4.78 is 11.7. The standard InChI is InChI=1S/C27H31N3O4/c1-2-28(19-7-4-3-5-8-19)27(32)30-11-6-9-20-22(30)17-23-21-16-25-24(33-13-14-34-25)15-18(21)10-12-29(23)26(20)31/h3-5,7-8,15-16,20,22-23H,2,6,9-14,17H2,1H3/t20-,22-,23+/m1/s1. The summed E-state index contributed by atoms with van der Waals surface area (Å²) in [4.78, 5) is 33.3. The number of piperidine rings is 2. The third-order valence-electron chi connectivity index (χ3n) is 7.87. The largest absolute Gasteiger partial charge is 0.486 e. The first kappa shape index (κ1) is 21.3. The number of rotatable bonds is 2. The molecule has 3 atom stereocenters. The highest BCUT2D eigenvalue weighted by atomic mass is 16.6. The van der Waals surface area contributed by atoms with E-state index in [1.165, 1.54) is 5.56 Å². The Kier molecular flexibility index (Phi) is 5.35. The molecule has 4 aliphatic rings. The van der Waals surface area contributed by atoms with Crippen LogP contribution in [0, 0.1) is 5.92 Å². The van der Waals surface area contributed by atoms with Crippen LogP contribution in [0.5, 0.6) is 11.5 Å². The number of ether oxygens (including phenoxy) is 2. The fourth-order valence-electron chi connectivity index (χ4n) is 6.26. The Morgan fingerprint density at radius 1 is 1.09 bits per heavy atom. The Bertz CT molecular complexity index is 1100. The van der Waals surface area contributed by atoms with Gasteiger partial charge in [-0.05, 0) is 68.0 Å². The van der Waals surface area contributed by atoms with Crippen LogP contribution in [0.2, 0.25) is 0 Å². The zero-order valence-electron chi connectivity index (χ0n) is 19.6. The molecule has 0 saturated carbocycles. The van der Waals surface area contributed by atoms with E-state index in [4.69, 9.17) is 9.47 Å². The molecule has 4 aliphatic heterocycles. The summed E-state index contributed by atoms with van der Waals surface area (Å²) in [6.45, 7) is 5.11. The van der Waals surface area contributed by atoms with E-state index < -0.39 is 0 Å². The van der Waals surface area contributed by atoms with Crippen LogP contribution in [0.3, 0.4) is 0 Å². The lowest BCUT2D eigenvalue weighted by molar-refractivity contribution is -0.148. The minimum atomic E-state index is -0.123. The molecule has 7 nitrogen and oxygen atoms in total. The van der Waals surface area contributed by atoms with E-state index in [2.05, 4.69) is 17.0 Å². The quantitative estimate of drug-likeness (QED) is 0.678. The van der Waals surface area contributed by atoms with Crippen molar-refractivity contribution in [1.82, 2.24) is 9.80 Å². The van der Waals surface area contributed by atoms with Gasteiger partial charge < -0.3 is 19.3 Å². The summed E-state index contributed by atoms with van der Waals surface area (Å²) in [5, 5.41) is 0. The molecule has 34 heavy (non-hydrogen) atoms. The predicted molar refractivity (Wildman–Crippen MR) is 128 cm³/mol. The average Bonchev–Trinajstić information content (AvgIpc) is 2.88. The van der Waals surface area contributed by atoms with E-state index in [-0.39, 0.29) is 29.9 Å². The Balaban J connectivity index is 1.33. The monoisotopic (exact) mass is 461 g/mol. The van der Waals surface area contributed by atoms with Crippen molar-refractivity contribution in [1.29, 1.82) is 0 Å². The maximum Gasteiger partial charge on any atom is 0.324 e. The number of urea groups is 1. The van der Waals surface area contributed by atoms with Crippen LogP contribution >= 0.6 is 0 Å². The molecule has 0 aromatic heterocycles. The molecule has 4 heterocycles. The smallest absolute Gasteiger partial charge is 0.324 e. The fraction of sp³-hybridized carbons (Fsp3) is 0.481. The second-order valence-electron chi connectivity index (χ2n) is 9.60. The van der Waals surface area contributed by atoms with Crippen molar-refractivity contribution in [2.45, 2.75) is 44.7 Å². The van der Waals surface area contributed by atoms with Crippen molar-refractivity contribution in [3.8, 4) is 11.5 Å². The van der Waals surface area contributed by atoms with Gasteiger partial charge in [-0.2, -0.15) is 0 Å². The maximum absolute atomic E-state index is 13.8. The van der Waals surface area contributed by atoms with Gasteiger partial charge in [0.1, 0.15) is 13.2 Å². The number of fused-ring (bicyclic) bond motifs is 5. The van der Waals surface area contributed by atoms with Crippen molar-refractivity contribution in [2.24, 2.45) is 5.92 Å². The minimum Gasteiger partial charge on any atom is -0.486 e. The molecule has 6 rings (SSSR count). The molecule has 0 bridgehead atoms. The highest BCUT2D eigenvalue weighted by Crippen LogP contribution is 2.46. The molecule has 0 spiro atoms. The second kappa shape index (κ2) is 8.53. The Morgan fingerprint density at radius 3 is 2.62 bits per heavy atom.